The third-order valence-electron chi connectivity index (χ3n) is 4.28. The van der Waals surface area contributed by atoms with Crippen molar-refractivity contribution in [1.29, 1.82) is 0 Å². The number of rotatable bonds is 4. The van der Waals surface area contributed by atoms with Crippen LogP contribution >= 0.6 is 0 Å². The summed E-state index contributed by atoms with van der Waals surface area (Å²) in [6, 6.07) is 6.30. The van der Waals surface area contributed by atoms with Gasteiger partial charge in [-0.1, -0.05) is 19.9 Å². The zero-order valence-corrected chi connectivity index (χ0v) is 13.0. The van der Waals surface area contributed by atoms with Gasteiger partial charge in [-0.2, -0.15) is 0 Å². The fourth-order valence-corrected chi connectivity index (χ4v) is 2.84. The lowest BCUT2D eigenvalue weighted by Gasteiger charge is -2.42. The minimum atomic E-state index is 0.165. The van der Waals surface area contributed by atoms with Crippen LogP contribution in [0.15, 0.2) is 18.2 Å². The molecule has 112 valence electrons. The summed E-state index contributed by atoms with van der Waals surface area (Å²) in [5, 5.41) is 0. The molecule has 1 aliphatic rings. The number of benzene rings is 1. The number of nitrogens with zero attached hydrogens (tertiary/aromatic N) is 1. The van der Waals surface area contributed by atoms with Gasteiger partial charge in [-0.15, -0.1) is 0 Å². The van der Waals surface area contributed by atoms with Gasteiger partial charge in [0.1, 0.15) is 11.5 Å². The third-order valence-corrected chi connectivity index (χ3v) is 4.28. The van der Waals surface area contributed by atoms with E-state index in [1.165, 1.54) is 5.56 Å². The molecule has 1 heterocycles. The average molecular weight is 278 g/mol. The van der Waals surface area contributed by atoms with Crippen molar-refractivity contribution < 1.29 is 9.47 Å². The Morgan fingerprint density at radius 2 is 2.05 bits per heavy atom. The summed E-state index contributed by atoms with van der Waals surface area (Å²) >= 11 is 0. The highest BCUT2D eigenvalue weighted by Crippen LogP contribution is 2.31. The zero-order chi connectivity index (χ0) is 14.8. The fourth-order valence-electron chi connectivity index (χ4n) is 2.84. The van der Waals surface area contributed by atoms with E-state index >= 15 is 0 Å². The van der Waals surface area contributed by atoms with E-state index in [9.17, 15) is 0 Å². The maximum Gasteiger partial charge on any atom is 0.127 e. The Balaban J connectivity index is 2.10. The summed E-state index contributed by atoms with van der Waals surface area (Å²) in [6.45, 7) is 7.44. The molecular weight excluding hydrogens is 252 g/mol. The molecule has 4 nitrogen and oxygen atoms in total. The SMILES string of the molecule is COc1ccc(CN2CCC(N)C(C)(C)C2)c(OC)c1. The maximum atomic E-state index is 6.19. The minimum absolute atomic E-state index is 0.165. The molecule has 1 unspecified atom stereocenters. The highest BCUT2D eigenvalue weighted by Gasteiger charge is 2.33. The van der Waals surface area contributed by atoms with Crippen LogP contribution in [0.25, 0.3) is 0 Å². The molecule has 1 saturated heterocycles. The lowest BCUT2D eigenvalue weighted by Crippen LogP contribution is -2.52. The van der Waals surface area contributed by atoms with Gasteiger partial charge >= 0.3 is 0 Å². The van der Waals surface area contributed by atoms with E-state index in [4.69, 9.17) is 15.2 Å². The topological polar surface area (TPSA) is 47.7 Å². The predicted octanol–water partition coefficient (Wildman–Crippen LogP) is 2.26. The first-order chi connectivity index (χ1) is 9.46. The summed E-state index contributed by atoms with van der Waals surface area (Å²) in [4.78, 5) is 2.45. The van der Waals surface area contributed by atoms with Gasteiger partial charge in [0.2, 0.25) is 0 Å². The van der Waals surface area contributed by atoms with Crippen molar-refractivity contribution >= 4 is 0 Å². The Morgan fingerprint density at radius 3 is 2.65 bits per heavy atom. The van der Waals surface area contributed by atoms with Crippen LogP contribution in [0, 0.1) is 5.41 Å². The molecule has 0 bridgehead atoms. The molecule has 0 aliphatic carbocycles. The van der Waals surface area contributed by atoms with E-state index in [2.05, 4.69) is 24.8 Å². The van der Waals surface area contributed by atoms with Crippen LogP contribution < -0.4 is 15.2 Å². The number of nitrogens with two attached hydrogens (primary N) is 1. The van der Waals surface area contributed by atoms with Crippen molar-refractivity contribution in [1.82, 2.24) is 4.90 Å². The summed E-state index contributed by atoms with van der Waals surface area (Å²) in [6.07, 6.45) is 1.05. The van der Waals surface area contributed by atoms with Gasteiger partial charge in [0.15, 0.2) is 0 Å². The van der Waals surface area contributed by atoms with Crippen LogP contribution in [0.2, 0.25) is 0 Å². The van der Waals surface area contributed by atoms with Crippen LogP contribution in [-0.2, 0) is 6.54 Å². The van der Waals surface area contributed by atoms with E-state index < -0.39 is 0 Å². The Morgan fingerprint density at radius 1 is 1.30 bits per heavy atom. The molecule has 1 fully saturated rings. The van der Waals surface area contributed by atoms with Gasteiger partial charge < -0.3 is 15.2 Å². The smallest absolute Gasteiger partial charge is 0.127 e. The third kappa shape index (κ3) is 3.25. The fraction of sp³-hybridized carbons (Fsp3) is 0.625. The van der Waals surface area contributed by atoms with Crippen molar-refractivity contribution in [3.63, 3.8) is 0 Å². The second kappa shape index (κ2) is 6.02. The van der Waals surface area contributed by atoms with Crippen molar-refractivity contribution in [2.45, 2.75) is 32.9 Å². The second-order valence-corrected chi connectivity index (χ2v) is 6.27. The van der Waals surface area contributed by atoms with Gasteiger partial charge in [-0.05, 0) is 17.9 Å². The normalized spacial score (nSPS) is 22.6. The first kappa shape index (κ1) is 15.1. The summed E-state index contributed by atoms with van der Waals surface area (Å²) < 4.78 is 10.7. The molecule has 1 atom stereocenters. The summed E-state index contributed by atoms with van der Waals surface area (Å²) in [7, 11) is 3.37. The number of ether oxygens (including phenoxy) is 2. The molecule has 2 rings (SSSR count). The Bertz CT molecular complexity index is 460. The molecule has 1 aromatic rings. The lowest BCUT2D eigenvalue weighted by molar-refractivity contribution is 0.0892. The Kier molecular flexibility index (Phi) is 4.55. The van der Waals surface area contributed by atoms with Crippen molar-refractivity contribution in [2.75, 3.05) is 27.3 Å². The molecule has 1 aliphatic heterocycles. The largest absolute Gasteiger partial charge is 0.497 e. The molecule has 0 spiro atoms. The van der Waals surface area contributed by atoms with Gasteiger partial charge in [-0.3, -0.25) is 4.90 Å². The van der Waals surface area contributed by atoms with E-state index in [1.807, 2.05) is 12.1 Å². The first-order valence-corrected chi connectivity index (χ1v) is 7.15. The van der Waals surface area contributed by atoms with E-state index in [0.717, 1.165) is 37.6 Å². The summed E-state index contributed by atoms with van der Waals surface area (Å²) in [5.41, 5.74) is 7.55. The molecular formula is C16H26N2O2. The number of piperidine rings is 1. The number of methoxy groups -OCH3 is 2. The first-order valence-electron chi connectivity index (χ1n) is 7.15. The van der Waals surface area contributed by atoms with Crippen molar-refractivity contribution in [2.24, 2.45) is 11.1 Å². The molecule has 2 N–H and O–H groups in total. The predicted molar refractivity (Wildman–Crippen MR) is 81.2 cm³/mol. The molecule has 0 aromatic heterocycles. The highest BCUT2D eigenvalue weighted by molar-refractivity contribution is 5.40. The Hall–Kier alpha value is -1.26. The van der Waals surface area contributed by atoms with Gasteiger partial charge in [0, 0.05) is 37.3 Å². The van der Waals surface area contributed by atoms with E-state index in [0.29, 0.717) is 0 Å². The van der Waals surface area contributed by atoms with Crippen molar-refractivity contribution in [3.05, 3.63) is 23.8 Å². The van der Waals surface area contributed by atoms with Crippen LogP contribution in [0.4, 0.5) is 0 Å². The average Bonchev–Trinajstić information content (AvgIpc) is 2.43. The second-order valence-electron chi connectivity index (χ2n) is 6.27. The quantitative estimate of drug-likeness (QED) is 0.918. The lowest BCUT2D eigenvalue weighted by atomic mass is 9.79. The highest BCUT2D eigenvalue weighted by atomic mass is 16.5. The van der Waals surface area contributed by atoms with Crippen LogP contribution in [0.3, 0.4) is 0 Å². The van der Waals surface area contributed by atoms with Gasteiger partial charge in [0.05, 0.1) is 14.2 Å². The van der Waals surface area contributed by atoms with Crippen LogP contribution in [0.1, 0.15) is 25.8 Å². The monoisotopic (exact) mass is 278 g/mol. The van der Waals surface area contributed by atoms with E-state index in [1.54, 1.807) is 14.2 Å². The molecule has 0 amide bonds. The number of hydrogen-bond acceptors (Lipinski definition) is 4. The zero-order valence-electron chi connectivity index (χ0n) is 13.0. The standard InChI is InChI=1S/C16H26N2O2/c1-16(2)11-18(8-7-15(16)17)10-12-5-6-13(19-3)9-14(12)20-4/h5-6,9,15H,7-8,10-11,17H2,1-4H3. The molecule has 4 heteroatoms. The Labute approximate surface area is 121 Å². The van der Waals surface area contributed by atoms with Crippen LogP contribution in [0.5, 0.6) is 11.5 Å². The van der Waals surface area contributed by atoms with E-state index in [-0.39, 0.29) is 11.5 Å². The van der Waals surface area contributed by atoms with Gasteiger partial charge in [-0.25, -0.2) is 0 Å². The summed E-state index contributed by atoms with van der Waals surface area (Å²) in [5.74, 6) is 1.71. The molecule has 0 radical (unpaired) electrons. The molecule has 1 aromatic carbocycles. The molecule has 20 heavy (non-hydrogen) atoms. The van der Waals surface area contributed by atoms with Crippen LogP contribution in [-0.4, -0.2) is 38.3 Å². The number of hydrogen-bond donors (Lipinski definition) is 1. The van der Waals surface area contributed by atoms with Gasteiger partial charge in [0.25, 0.3) is 0 Å². The molecule has 0 saturated carbocycles. The van der Waals surface area contributed by atoms with Crippen molar-refractivity contribution in [3.8, 4) is 11.5 Å². The minimum Gasteiger partial charge on any atom is -0.497 e. The maximum absolute atomic E-state index is 6.19. The number of likely N-dealkylation sites (tertiary alicyclic amines) is 1.